The van der Waals surface area contributed by atoms with E-state index < -0.39 is 17.7 Å². The van der Waals surface area contributed by atoms with Crippen molar-refractivity contribution in [1.82, 2.24) is 15.1 Å². The van der Waals surface area contributed by atoms with Crippen molar-refractivity contribution in [3.63, 3.8) is 0 Å². The standard InChI is InChI=1S/C22H21F2N5O/c1-15-4-2-3-5-17(15)19-8-9-21(27-26-19)28-10-12-29(13-11-28)22(30)25-20-7-6-16(23)14-18(20)24/h2-9,14H,10-13H2,1H3,(H,25,30). The summed E-state index contributed by atoms with van der Waals surface area (Å²) >= 11 is 0. The van der Waals surface area contributed by atoms with Gasteiger partial charge in [0.1, 0.15) is 11.6 Å². The minimum absolute atomic E-state index is 0.0403. The number of halogens is 2. The number of rotatable bonds is 3. The van der Waals surface area contributed by atoms with E-state index in [0.717, 1.165) is 34.8 Å². The maximum atomic E-state index is 13.7. The van der Waals surface area contributed by atoms with E-state index in [2.05, 4.69) is 20.4 Å². The number of carbonyl (C=O) groups excluding carboxylic acids is 1. The largest absolute Gasteiger partial charge is 0.352 e. The summed E-state index contributed by atoms with van der Waals surface area (Å²) in [6.07, 6.45) is 0. The molecule has 0 atom stereocenters. The average Bonchev–Trinajstić information content (AvgIpc) is 2.76. The Labute approximate surface area is 173 Å². The van der Waals surface area contributed by atoms with Crippen LogP contribution in [0.3, 0.4) is 0 Å². The van der Waals surface area contributed by atoms with Gasteiger partial charge in [-0.2, -0.15) is 0 Å². The lowest BCUT2D eigenvalue weighted by atomic mass is 10.1. The number of aromatic nitrogens is 2. The highest BCUT2D eigenvalue weighted by molar-refractivity contribution is 5.89. The van der Waals surface area contributed by atoms with E-state index in [1.54, 1.807) is 4.90 Å². The predicted octanol–water partition coefficient (Wildman–Crippen LogP) is 4.08. The van der Waals surface area contributed by atoms with Crippen LogP contribution in [0.5, 0.6) is 0 Å². The number of carbonyl (C=O) groups is 1. The molecule has 4 rings (SSSR count). The summed E-state index contributed by atoms with van der Waals surface area (Å²) < 4.78 is 26.8. The van der Waals surface area contributed by atoms with E-state index in [4.69, 9.17) is 0 Å². The third-order valence-corrected chi connectivity index (χ3v) is 5.14. The van der Waals surface area contributed by atoms with Gasteiger partial charge in [0.15, 0.2) is 5.82 Å². The van der Waals surface area contributed by atoms with Gasteiger partial charge in [-0.25, -0.2) is 13.6 Å². The fourth-order valence-electron chi connectivity index (χ4n) is 3.42. The number of benzene rings is 2. The zero-order valence-electron chi connectivity index (χ0n) is 16.5. The molecule has 0 unspecified atom stereocenters. The Bertz CT molecular complexity index is 1050. The molecule has 0 radical (unpaired) electrons. The molecule has 154 valence electrons. The molecular weight excluding hydrogens is 388 g/mol. The molecule has 2 amide bonds. The first-order chi connectivity index (χ1) is 14.5. The van der Waals surface area contributed by atoms with E-state index in [-0.39, 0.29) is 5.69 Å². The van der Waals surface area contributed by atoms with E-state index in [9.17, 15) is 13.6 Å². The van der Waals surface area contributed by atoms with Crippen molar-refractivity contribution in [3.05, 3.63) is 71.8 Å². The molecule has 1 fully saturated rings. The molecule has 3 aromatic rings. The van der Waals surface area contributed by atoms with Crippen molar-refractivity contribution in [2.45, 2.75) is 6.92 Å². The summed E-state index contributed by atoms with van der Waals surface area (Å²) in [4.78, 5) is 16.0. The van der Waals surface area contributed by atoms with Crippen molar-refractivity contribution in [3.8, 4) is 11.3 Å². The van der Waals surface area contributed by atoms with Crippen LogP contribution >= 0.6 is 0 Å². The minimum atomic E-state index is -0.800. The van der Waals surface area contributed by atoms with E-state index in [0.29, 0.717) is 26.2 Å². The lowest BCUT2D eigenvalue weighted by Gasteiger charge is -2.35. The Balaban J connectivity index is 1.36. The number of anilines is 2. The molecule has 1 aromatic heterocycles. The van der Waals surface area contributed by atoms with Crippen molar-refractivity contribution in [2.75, 3.05) is 36.4 Å². The summed E-state index contributed by atoms with van der Waals surface area (Å²) in [5.41, 5.74) is 2.96. The van der Waals surface area contributed by atoms with Gasteiger partial charge < -0.3 is 15.1 Å². The fraction of sp³-hybridized carbons (Fsp3) is 0.227. The van der Waals surface area contributed by atoms with Gasteiger partial charge in [-0.3, -0.25) is 0 Å². The van der Waals surface area contributed by atoms with Gasteiger partial charge in [0.05, 0.1) is 11.4 Å². The number of amides is 2. The lowest BCUT2D eigenvalue weighted by molar-refractivity contribution is 0.208. The lowest BCUT2D eigenvalue weighted by Crippen LogP contribution is -2.50. The number of hydrogen-bond acceptors (Lipinski definition) is 4. The zero-order chi connectivity index (χ0) is 21.1. The number of nitrogens with one attached hydrogen (secondary N) is 1. The maximum Gasteiger partial charge on any atom is 0.322 e. The highest BCUT2D eigenvalue weighted by atomic mass is 19.1. The van der Waals surface area contributed by atoms with Crippen LogP contribution in [0.15, 0.2) is 54.6 Å². The Morgan fingerprint density at radius 2 is 1.73 bits per heavy atom. The molecule has 30 heavy (non-hydrogen) atoms. The van der Waals surface area contributed by atoms with Crippen LogP contribution in [0.4, 0.5) is 25.1 Å². The van der Waals surface area contributed by atoms with Crippen molar-refractivity contribution < 1.29 is 13.6 Å². The Morgan fingerprint density at radius 3 is 2.40 bits per heavy atom. The van der Waals surface area contributed by atoms with Crippen molar-refractivity contribution >= 4 is 17.5 Å². The van der Waals surface area contributed by atoms with Gasteiger partial charge in [0, 0.05) is 37.8 Å². The van der Waals surface area contributed by atoms with Crippen LogP contribution in [0.1, 0.15) is 5.56 Å². The molecule has 1 aliphatic rings. The average molecular weight is 409 g/mol. The molecule has 0 bridgehead atoms. The molecule has 1 N–H and O–H groups in total. The molecule has 0 aliphatic carbocycles. The van der Waals surface area contributed by atoms with Crippen LogP contribution in [-0.4, -0.2) is 47.3 Å². The topological polar surface area (TPSA) is 61.4 Å². The molecule has 1 aliphatic heterocycles. The number of nitrogens with zero attached hydrogens (tertiary/aromatic N) is 4. The van der Waals surface area contributed by atoms with Gasteiger partial charge in [0.2, 0.25) is 0 Å². The number of aryl methyl sites for hydroxylation is 1. The highest BCUT2D eigenvalue weighted by Gasteiger charge is 2.23. The van der Waals surface area contributed by atoms with E-state index in [1.165, 1.54) is 6.07 Å². The van der Waals surface area contributed by atoms with Crippen LogP contribution in [-0.2, 0) is 0 Å². The zero-order valence-corrected chi connectivity index (χ0v) is 16.5. The third kappa shape index (κ3) is 4.22. The summed E-state index contributed by atoms with van der Waals surface area (Å²) in [7, 11) is 0. The first-order valence-electron chi connectivity index (χ1n) is 9.67. The van der Waals surface area contributed by atoms with Gasteiger partial charge in [-0.1, -0.05) is 24.3 Å². The first kappa shape index (κ1) is 19.8. The van der Waals surface area contributed by atoms with Crippen molar-refractivity contribution in [1.29, 1.82) is 0 Å². The number of piperazine rings is 1. The van der Waals surface area contributed by atoms with Crippen LogP contribution in [0, 0.1) is 18.6 Å². The predicted molar refractivity (Wildman–Crippen MR) is 111 cm³/mol. The summed E-state index contributed by atoms with van der Waals surface area (Å²) in [6.45, 7) is 4.11. The molecule has 6 nitrogen and oxygen atoms in total. The number of hydrogen-bond donors (Lipinski definition) is 1. The summed E-state index contributed by atoms with van der Waals surface area (Å²) in [5, 5.41) is 11.2. The quantitative estimate of drug-likeness (QED) is 0.708. The second-order valence-electron chi connectivity index (χ2n) is 7.12. The molecular formula is C22H21F2N5O. The van der Waals surface area contributed by atoms with Crippen LogP contribution < -0.4 is 10.2 Å². The second-order valence-corrected chi connectivity index (χ2v) is 7.12. The smallest absolute Gasteiger partial charge is 0.322 e. The summed E-state index contributed by atoms with van der Waals surface area (Å²) in [6, 6.07) is 14.5. The third-order valence-electron chi connectivity index (χ3n) is 5.14. The maximum absolute atomic E-state index is 13.7. The Hall–Kier alpha value is -3.55. The van der Waals surface area contributed by atoms with Gasteiger partial charge >= 0.3 is 6.03 Å². The molecule has 1 saturated heterocycles. The molecule has 8 heteroatoms. The fourth-order valence-corrected chi connectivity index (χ4v) is 3.42. The summed E-state index contributed by atoms with van der Waals surface area (Å²) in [5.74, 6) is -0.739. The van der Waals surface area contributed by atoms with Gasteiger partial charge in [0.25, 0.3) is 0 Å². The van der Waals surface area contributed by atoms with Crippen LogP contribution in [0.25, 0.3) is 11.3 Å². The van der Waals surface area contributed by atoms with Crippen LogP contribution in [0.2, 0.25) is 0 Å². The van der Waals surface area contributed by atoms with E-state index >= 15 is 0 Å². The molecule has 0 saturated carbocycles. The molecule has 0 spiro atoms. The molecule has 2 aromatic carbocycles. The highest BCUT2D eigenvalue weighted by Crippen LogP contribution is 2.22. The minimum Gasteiger partial charge on any atom is -0.352 e. The first-order valence-corrected chi connectivity index (χ1v) is 9.67. The second kappa shape index (κ2) is 8.44. The number of urea groups is 1. The van der Waals surface area contributed by atoms with Crippen molar-refractivity contribution in [2.24, 2.45) is 0 Å². The Kier molecular flexibility index (Phi) is 5.56. The molecule has 2 heterocycles. The monoisotopic (exact) mass is 409 g/mol. The SMILES string of the molecule is Cc1ccccc1-c1ccc(N2CCN(C(=O)Nc3ccc(F)cc3F)CC2)nn1. The van der Waals surface area contributed by atoms with Gasteiger partial charge in [-0.05, 0) is 36.8 Å². The normalized spacial score (nSPS) is 14.0. The Morgan fingerprint density at radius 1 is 0.967 bits per heavy atom. The van der Waals surface area contributed by atoms with E-state index in [1.807, 2.05) is 43.3 Å². The van der Waals surface area contributed by atoms with Gasteiger partial charge in [-0.15, -0.1) is 10.2 Å².